The number of carbonyl (C=O) groups excluding carboxylic acids is 4. The van der Waals surface area contributed by atoms with Crippen molar-refractivity contribution in [2.75, 3.05) is 37.9 Å². The topological polar surface area (TPSA) is 220 Å². The van der Waals surface area contributed by atoms with E-state index in [0.717, 1.165) is 38.5 Å². The van der Waals surface area contributed by atoms with Crippen molar-refractivity contribution >= 4 is 81.9 Å². The molecule has 0 bridgehead atoms. The maximum atomic E-state index is 12.3. The SMILES string of the molecule is CCCCCCCCCCOC(=O)c1ccccc1C(=O)OCCCCS(=O)(=O)[O-].CCCCCCCCCCOC(=O)c1ccccc1C(=O)OCCCCS(=O)(=O)[O-].[Ca+2]. The van der Waals surface area contributed by atoms with Gasteiger partial charge in [0.15, 0.2) is 0 Å². The van der Waals surface area contributed by atoms with Gasteiger partial charge in [0, 0.05) is 11.5 Å². The number of unbranched alkanes of at least 4 members (excludes halogenated alkanes) is 16. The van der Waals surface area contributed by atoms with Gasteiger partial charge in [-0.05, 0) is 62.8 Å². The van der Waals surface area contributed by atoms with Gasteiger partial charge < -0.3 is 28.1 Å². The molecule has 2 aromatic carbocycles. The number of hydrogen-bond donors (Lipinski definition) is 0. The minimum Gasteiger partial charge on any atom is -0.748 e. The van der Waals surface area contributed by atoms with E-state index in [4.69, 9.17) is 18.9 Å². The van der Waals surface area contributed by atoms with Crippen molar-refractivity contribution in [1.29, 1.82) is 0 Å². The van der Waals surface area contributed by atoms with Gasteiger partial charge in [-0.2, -0.15) is 0 Å². The van der Waals surface area contributed by atoms with Crippen molar-refractivity contribution in [3.63, 3.8) is 0 Å². The predicted molar refractivity (Wildman–Crippen MR) is 233 cm³/mol. The molecule has 340 valence electrons. The van der Waals surface area contributed by atoms with Crippen molar-refractivity contribution in [2.45, 2.75) is 142 Å². The molecule has 0 amide bonds. The van der Waals surface area contributed by atoms with Crippen LogP contribution in [0.4, 0.5) is 0 Å². The zero-order valence-corrected chi connectivity index (χ0v) is 40.1. The normalized spacial score (nSPS) is 11.1. The van der Waals surface area contributed by atoms with Crippen molar-refractivity contribution in [3.8, 4) is 0 Å². The number of ether oxygens (including phenoxy) is 4. The van der Waals surface area contributed by atoms with Gasteiger partial charge in [0.2, 0.25) is 0 Å². The molecule has 0 aliphatic carbocycles. The fourth-order valence-corrected chi connectivity index (χ4v) is 7.00. The molecular weight excluding hydrogens is 857 g/mol. The summed E-state index contributed by atoms with van der Waals surface area (Å²) in [6, 6.07) is 12.5. The Balaban J connectivity index is 0.00000116. The Labute approximate surface area is 394 Å². The number of benzene rings is 2. The minimum absolute atomic E-state index is 0. The number of rotatable bonds is 32. The third kappa shape index (κ3) is 31.0. The van der Waals surface area contributed by atoms with E-state index in [2.05, 4.69) is 13.8 Å². The Kier molecular flexibility index (Phi) is 34.3. The molecule has 0 N–H and O–H groups in total. The smallest absolute Gasteiger partial charge is 0.748 e. The van der Waals surface area contributed by atoms with Crippen LogP contribution in [0.5, 0.6) is 0 Å². The molecule has 17 heteroatoms. The molecule has 0 atom stereocenters. The van der Waals surface area contributed by atoms with E-state index < -0.39 is 55.6 Å². The predicted octanol–water partition coefficient (Wildman–Crippen LogP) is 8.55. The molecule has 14 nitrogen and oxygen atoms in total. The number of carbonyl (C=O) groups is 4. The van der Waals surface area contributed by atoms with Gasteiger partial charge in [0.25, 0.3) is 0 Å². The van der Waals surface area contributed by atoms with Crippen LogP contribution in [-0.4, -0.2) is 125 Å². The quantitative estimate of drug-likeness (QED) is 0.0221. The molecule has 0 spiro atoms. The second kappa shape index (κ2) is 35.8. The van der Waals surface area contributed by atoms with Gasteiger partial charge in [-0.15, -0.1) is 0 Å². The summed E-state index contributed by atoms with van der Waals surface area (Å²) in [5.74, 6) is -3.48. The van der Waals surface area contributed by atoms with Crippen LogP contribution in [0.15, 0.2) is 48.5 Å². The fourth-order valence-electron chi connectivity index (χ4n) is 5.88. The minimum atomic E-state index is -4.27. The summed E-state index contributed by atoms with van der Waals surface area (Å²) in [4.78, 5) is 49.2. The van der Waals surface area contributed by atoms with Crippen LogP contribution < -0.4 is 0 Å². The summed E-state index contributed by atoms with van der Waals surface area (Å²) in [5.41, 5.74) is 0.498. The molecular formula is C44H66CaO14S2. The molecule has 0 aliphatic heterocycles. The second-order valence-corrected chi connectivity index (χ2v) is 17.6. The van der Waals surface area contributed by atoms with Crippen LogP contribution >= 0.6 is 0 Å². The molecule has 0 aromatic heterocycles. The van der Waals surface area contributed by atoms with Crippen LogP contribution in [0.25, 0.3) is 0 Å². The Hall–Kier alpha value is -2.60. The summed E-state index contributed by atoms with van der Waals surface area (Å²) in [6.07, 6.45) is 19.0. The number of hydrogen-bond acceptors (Lipinski definition) is 14. The molecule has 0 fully saturated rings. The Morgan fingerprint density at radius 2 is 0.607 bits per heavy atom. The van der Waals surface area contributed by atoms with Crippen molar-refractivity contribution in [2.24, 2.45) is 0 Å². The van der Waals surface area contributed by atoms with Gasteiger partial charge in [-0.3, -0.25) is 0 Å². The first-order valence-corrected chi connectivity index (χ1v) is 24.6. The molecule has 61 heavy (non-hydrogen) atoms. The molecule has 2 aromatic rings. The van der Waals surface area contributed by atoms with Gasteiger partial charge in [0.05, 0.1) is 68.9 Å². The average Bonchev–Trinajstić information content (AvgIpc) is 3.21. The summed E-state index contributed by atoms with van der Waals surface area (Å²) in [7, 11) is -8.53. The fraction of sp³-hybridized carbons (Fsp3) is 0.636. The van der Waals surface area contributed by atoms with Crippen LogP contribution in [0, 0.1) is 0 Å². The molecule has 0 heterocycles. The Morgan fingerprint density at radius 3 is 0.836 bits per heavy atom. The summed E-state index contributed by atoms with van der Waals surface area (Å²) < 4.78 is 84.1. The van der Waals surface area contributed by atoms with Crippen LogP contribution in [0.3, 0.4) is 0 Å². The molecule has 0 saturated heterocycles. The van der Waals surface area contributed by atoms with Crippen LogP contribution in [-0.2, 0) is 39.2 Å². The van der Waals surface area contributed by atoms with Gasteiger partial charge in [0.1, 0.15) is 0 Å². The second-order valence-electron chi connectivity index (χ2n) is 14.5. The van der Waals surface area contributed by atoms with Gasteiger partial charge in [-0.1, -0.05) is 128 Å². The monoisotopic (exact) mass is 922 g/mol. The third-order valence-corrected chi connectivity index (χ3v) is 10.8. The van der Waals surface area contributed by atoms with Crippen molar-refractivity contribution in [1.82, 2.24) is 0 Å². The number of esters is 4. The first kappa shape index (κ1) is 58.4. The first-order valence-electron chi connectivity index (χ1n) is 21.4. The summed E-state index contributed by atoms with van der Waals surface area (Å²) in [6.45, 7) is 4.93. The van der Waals surface area contributed by atoms with Crippen LogP contribution in [0.2, 0.25) is 0 Å². The maximum absolute atomic E-state index is 12.3. The summed E-state index contributed by atoms with van der Waals surface area (Å²) in [5, 5.41) is 0. The van der Waals surface area contributed by atoms with Gasteiger partial charge in [-0.25, -0.2) is 36.0 Å². The van der Waals surface area contributed by atoms with E-state index in [1.165, 1.54) is 88.5 Å². The van der Waals surface area contributed by atoms with Gasteiger partial charge >= 0.3 is 61.6 Å². The van der Waals surface area contributed by atoms with Crippen molar-refractivity contribution < 1.29 is 64.1 Å². The molecule has 0 radical (unpaired) electrons. The van der Waals surface area contributed by atoms with Crippen LogP contribution in [0.1, 0.15) is 184 Å². The van der Waals surface area contributed by atoms with E-state index >= 15 is 0 Å². The Morgan fingerprint density at radius 1 is 0.393 bits per heavy atom. The third-order valence-electron chi connectivity index (χ3n) is 9.24. The maximum Gasteiger partial charge on any atom is 2.00 e. The van der Waals surface area contributed by atoms with E-state index in [1.807, 2.05) is 0 Å². The molecule has 0 saturated carbocycles. The average molecular weight is 923 g/mol. The first-order chi connectivity index (χ1) is 28.7. The molecule has 2 rings (SSSR count). The molecule has 0 aliphatic rings. The Bertz CT molecular complexity index is 1620. The largest absolute Gasteiger partial charge is 2.00 e. The van der Waals surface area contributed by atoms with E-state index in [-0.39, 0.29) is 98.9 Å². The standard InChI is InChI=1S/2C22H34O7S.Ca/c2*1-2-3-4-5-6-7-8-11-16-28-21(23)19-14-9-10-15-20(19)22(24)29-17-12-13-18-30(25,26)27;/h2*9-10,14-15H,2-8,11-13,16-18H2,1H3,(H,25,26,27);/q;;+2/p-2. The van der Waals surface area contributed by atoms with E-state index in [1.54, 1.807) is 24.3 Å². The van der Waals surface area contributed by atoms with E-state index in [0.29, 0.717) is 13.2 Å². The van der Waals surface area contributed by atoms with Crippen molar-refractivity contribution in [3.05, 3.63) is 70.8 Å². The van der Waals surface area contributed by atoms with E-state index in [9.17, 15) is 45.1 Å². The zero-order valence-electron chi connectivity index (χ0n) is 36.2. The molecule has 0 unspecified atom stereocenters. The zero-order chi connectivity index (χ0) is 44.5. The summed E-state index contributed by atoms with van der Waals surface area (Å²) >= 11 is 0.